The second kappa shape index (κ2) is 7.02. The van der Waals surface area contributed by atoms with Gasteiger partial charge in [0.1, 0.15) is 5.75 Å². The first kappa shape index (κ1) is 16.4. The van der Waals surface area contributed by atoms with Gasteiger partial charge in [-0.15, -0.1) is 0 Å². The van der Waals surface area contributed by atoms with E-state index in [9.17, 15) is 5.11 Å². The number of hydrogen-bond acceptors (Lipinski definition) is 1. The summed E-state index contributed by atoms with van der Waals surface area (Å²) in [6.45, 7) is 0. The van der Waals surface area contributed by atoms with Crippen LogP contribution >= 0.6 is 0 Å². The monoisotopic (exact) mass is 352 g/mol. The molecular weight excluding hydrogens is 332 g/mol. The van der Waals surface area contributed by atoms with Crippen molar-refractivity contribution in [3.63, 3.8) is 0 Å². The molecule has 0 saturated heterocycles. The average Bonchev–Trinajstić information content (AvgIpc) is 2.71. The number of aromatic hydroxyl groups is 1. The smallest absolute Gasteiger partial charge is 0.179 e. The van der Waals surface area contributed by atoms with Crippen LogP contribution in [0.1, 0.15) is 0 Å². The van der Waals surface area contributed by atoms with Gasteiger partial charge in [-0.05, 0) is 32.9 Å². The maximum absolute atomic E-state index is 10.2. The lowest BCUT2D eigenvalue weighted by Gasteiger charge is -2.34. The van der Waals surface area contributed by atoms with Gasteiger partial charge in [-0.1, -0.05) is 103 Å². The van der Waals surface area contributed by atoms with Crippen molar-refractivity contribution >= 4 is 28.8 Å². The molecule has 0 aliphatic heterocycles. The van der Waals surface area contributed by atoms with Crippen LogP contribution in [0.15, 0.2) is 115 Å². The third kappa shape index (κ3) is 2.75. The molecule has 4 aromatic carbocycles. The minimum atomic E-state index is -2.49. The Bertz CT molecular complexity index is 885. The standard InChI is InChI=1S/C24H20OSi/c25-20-11-10-18-24(19-20)26(21-12-4-1-5-13-21,22-14-6-2-7-15-22)23-16-8-3-9-17-23/h1-19,25H. The van der Waals surface area contributed by atoms with Crippen molar-refractivity contribution < 1.29 is 5.11 Å². The summed E-state index contributed by atoms with van der Waals surface area (Å²) < 4.78 is 0. The van der Waals surface area contributed by atoms with Gasteiger partial charge in [0.15, 0.2) is 8.07 Å². The molecule has 0 aliphatic carbocycles. The van der Waals surface area contributed by atoms with Crippen molar-refractivity contribution in [3.05, 3.63) is 115 Å². The van der Waals surface area contributed by atoms with Crippen molar-refractivity contribution in [3.8, 4) is 5.75 Å². The summed E-state index contributed by atoms with van der Waals surface area (Å²) in [6.07, 6.45) is 0. The maximum atomic E-state index is 10.2. The van der Waals surface area contributed by atoms with Gasteiger partial charge in [-0.3, -0.25) is 0 Å². The Kier molecular flexibility index (Phi) is 4.42. The molecule has 0 aromatic heterocycles. The topological polar surface area (TPSA) is 20.2 Å². The molecular formula is C24H20OSi. The third-order valence-corrected chi connectivity index (χ3v) is 9.67. The fourth-order valence-corrected chi connectivity index (χ4v) is 8.59. The highest BCUT2D eigenvalue weighted by atomic mass is 28.3. The van der Waals surface area contributed by atoms with Gasteiger partial charge < -0.3 is 5.11 Å². The SMILES string of the molecule is Oc1cccc([Si](c2ccccc2)(c2ccccc2)c2ccccc2)c1. The molecule has 0 saturated carbocycles. The molecule has 126 valence electrons. The molecule has 0 unspecified atom stereocenters. The minimum Gasteiger partial charge on any atom is -0.508 e. The van der Waals surface area contributed by atoms with Crippen molar-refractivity contribution in [2.45, 2.75) is 0 Å². The zero-order valence-corrected chi connectivity index (χ0v) is 15.4. The molecule has 26 heavy (non-hydrogen) atoms. The van der Waals surface area contributed by atoms with Crippen LogP contribution in [0.3, 0.4) is 0 Å². The summed E-state index contributed by atoms with van der Waals surface area (Å²) >= 11 is 0. The number of hydrogen-bond donors (Lipinski definition) is 1. The normalized spacial score (nSPS) is 11.2. The van der Waals surface area contributed by atoms with E-state index in [2.05, 4.69) is 97.1 Å². The Labute approximate surface area is 155 Å². The average molecular weight is 353 g/mol. The van der Waals surface area contributed by atoms with Gasteiger partial charge in [0.2, 0.25) is 0 Å². The zero-order chi connectivity index (χ0) is 17.8. The van der Waals surface area contributed by atoms with E-state index in [1.807, 2.05) is 12.1 Å². The van der Waals surface area contributed by atoms with Crippen LogP contribution < -0.4 is 20.7 Å². The van der Waals surface area contributed by atoms with E-state index in [0.29, 0.717) is 5.75 Å². The molecule has 0 spiro atoms. The summed E-state index contributed by atoms with van der Waals surface area (Å²) in [5.74, 6) is 0.308. The first-order valence-corrected chi connectivity index (χ1v) is 10.8. The van der Waals surface area contributed by atoms with Crippen molar-refractivity contribution in [1.82, 2.24) is 0 Å². The van der Waals surface area contributed by atoms with Gasteiger partial charge in [-0.2, -0.15) is 0 Å². The van der Waals surface area contributed by atoms with E-state index < -0.39 is 8.07 Å². The largest absolute Gasteiger partial charge is 0.508 e. The molecule has 0 radical (unpaired) electrons. The van der Waals surface area contributed by atoms with Crippen LogP contribution in [0, 0.1) is 0 Å². The third-order valence-electron chi connectivity index (χ3n) is 4.90. The minimum absolute atomic E-state index is 0.308. The first-order valence-electron chi connectivity index (χ1n) is 8.78. The lowest BCUT2D eigenvalue weighted by molar-refractivity contribution is 0.476. The van der Waals surface area contributed by atoms with Crippen LogP contribution in [0.4, 0.5) is 0 Å². The lowest BCUT2D eigenvalue weighted by atomic mass is 10.3. The van der Waals surface area contributed by atoms with E-state index in [0.717, 1.165) is 0 Å². The quantitative estimate of drug-likeness (QED) is 0.442. The molecule has 4 rings (SSSR count). The summed E-state index contributed by atoms with van der Waals surface area (Å²) in [4.78, 5) is 0. The molecule has 2 heteroatoms. The van der Waals surface area contributed by atoms with Crippen molar-refractivity contribution in [1.29, 1.82) is 0 Å². The molecule has 0 bridgehead atoms. The highest BCUT2D eigenvalue weighted by molar-refractivity contribution is 7.19. The van der Waals surface area contributed by atoms with Crippen LogP contribution in [0.5, 0.6) is 5.75 Å². The Morgan fingerprint density at radius 2 is 0.808 bits per heavy atom. The Morgan fingerprint density at radius 3 is 1.19 bits per heavy atom. The Balaban J connectivity index is 2.14. The second-order valence-electron chi connectivity index (χ2n) is 6.40. The number of phenols is 1. The summed E-state index contributed by atoms with van der Waals surface area (Å²) in [7, 11) is -2.49. The summed E-state index contributed by atoms with van der Waals surface area (Å²) in [6, 6.07) is 39.9. The highest BCUT2D eigenvalue weighted by Crippen LogP contribution is 2.12. The lowest BCUT2D eigenvalue weighted by Crippen LogP contribution is -2.74. The fourth-order valence-electron chi connectivity index (χ4n) is 3.80. The van der Waals surface area contributed by atoms with E-state index in [-0.39, 0.29) is 0 Å². The second-order valence-corrected chi connectivity index (χ2v) is 10.2. The molecule has 0 heterocycles. The Morgan fingerprint density at radius 1 is 0.423 bits per heavy atom. The van der Waals surface area contributed by atoms with E-state index in [1.165, 1.54) is 20.7 Å². The van der Waals surface area contributed by atoms with Crippen LogP contribution in [-0.2, 0) is 0 Å². The molecule has 0 fully saturated rings. The maximum Gasteiger partial charge on any atom is 0.179 e. The Hall–Kier alpha value is -3.10. The summed E-state index contributed by atoms with van der Waals surface area (Å²) in [5.41, 5.74) is 0. The molecule has 1 N–H and O–H groups in total. The zero-order valence-electron chi connectivity index (χ0n) is 14.4. The number of benzene rings is 4. The summed E-state index contributed by atoms with van der Waals surface area (Å²) in [5, 5.41) is 15.3. The number of rotatable bonds is 4. The fraction of sp³-hybridized carbons (Fsp3) is 0. The van der Waals surface area contributed by atoms with E-state index in [1.54, 1.807) is 6.07 Å². The van der Waals surface area contributed by atoms with Crippen LogP contribution in [-0.4, -0.2) is 13.2 Å². The van der Waals surface area contributed by atoms with Gasteiger partial charge in [0, 0.05) is 0 Å². The number of phenolic OH excluding ortho intramolecular Hbond substituents is 1. The van der Waals surface area contributed by atoms with Crippen molar-refractivity contribution in [2.75, 3.05) is 0 Å². The van der Waals surface area contributed by atoms with Crippen molar-refractivity contribution in [2.24, 2.45) is 0 Å². The molecule has 0 atom stereocenters. The molecule has 0 amide bonds. The van der Waals surface area contributed by atoms with Crippen LogP contribution in [0.2, 0.25) is 0 Å². The predicted octanol–water partition coefficient (Wildman–Crippen LogP) is 2.77. The first-order chi connectivity index (χ1) is 12.8. The molecule has 1 nitrogen and oxygen atoms in total. The van der Waals surface area contributed by atoms with Gasteiger partial charge in [0.25, 0.3) is 0 Å². The van der Waals surface area contributed by atoms with E-state index in [4.69, 9.17) is 0 Å². The molecule has 0 aliphatic rings. The molecule has 4 aromatic rings. The van der Waals surface area contributed by atoms with Crippen LogP contribution in [0.25, 0.3) is 0 Å². The van der Waals surface area contributed by atoms with Gasteiger partial charge in [0.05, 0.1) is 0 Å². The predicted molar refractivity (Wildman–Crippen MR) is 112 cm³/mol. The van der Waals surface area contributed by atoms with Gasteiger partial charge in [-0.25, -0.2) is 0 Å². The van der Waals surface area contributed by atoms with E-state index >= 15 is 0 Å². The highest BCUT2D eigenvalue weighted by Gasteiger charge is 2.41. The van der Waals surface area contributed by atoms with Gasteiger partial charge >= 0.3 is 0 Å².